The molecule has 176 valence electrons. The van der Waals surface area contributed by atoms with Gasteiger partial charge in [0.25, 0.3) is 5.56 Å². The molecule has 0 fully saturated rings. The molecule has 0 aromatic carbocycles. The predicted molar refractivity (Wildman–Crippen MR) is 124 cm³/mol. The fourth-order valence-electron chi connectivity index (χ4n) is 3.78. The molecule has 3 aromatic rings. The van der Waals surface area contributed by atoms with Crippen LogP contribution in [-0.2, 0) is 27.7 Å². The molecule has 0 saturated carbocycles. The Balaban J connectivity index is 1.22. The van der Waals surface area contributed by atoms with E-state index in [-0.39, 0.29) is 29.8 Å². The Hall–Kier alpha value is -2.86. The molecule has 12 heteroatoms. The number of hydrogen-bond donors (Lipinski definition) is 1. The summed E-state index contributed by atoms with van der Waals surface area (Å²) >= 11 is 1.66. The van der Waals surface area contributed by atoms with Gasteiger partial charge in [-0.15, -0.1) is 11.8 Å². The number of hydrogen-bond acceptors (Lipinski definition) is 7. The first-order valence-corrected chi connectivity index (χ1v) is 13.4. The first kappa shape index (κ1) is 23.3. The second-order valence-electron chi connectivity index (χ2n) is 7.75. The summed E-state index contributed by atoms with van der Waals surface area (Å²) in [5.74, 6) is 0.645. The van der Waals surface area contributed by atoms with E-state index in [1.165, 1.54) is 0 Å². The van der Waals surface area contributed by atoms with Crippen LogP contribution >= 0.6 is 11.8 Å². The second-order valence-corrected chi connectivity index (χ2v) is 10.9. The van der Waals surface area contributed by atoms with Crippen LogP contribution in [0, 0.1) is 0 Å². The van der Waals surface area contributed by atoms with Crippen molar-refractivity contribution in [1.82, 2.24) is 23.8 Å². The van der Waals surface area contributed by atoms with Crippen molar-refractivity contribution in [3.63, 3.8) is 0 Å². The quantitative estimate of drug-likeness (QED) is 0.268. The molecule has 4 heterocycles. The maximum atomic E-state index is 12.6. The van der Waals surface area contributed by atoms with Gasteiger partial charge in [-0.1, -0.05) is 6.07 Å². The number of nitrogens with one attached hydrogen (secondary N) is 1. The van der Waals surface area contributed by atoms with Gasteiger partial charge in [0.15, 0.2) is 9.84 Å². The Morgan fingerprint density at radius 3 is 2.91 bits per heavy atom. The van der Waals surface area contributed by atoms with Gasteiger partial charge in [-0.3, -0.25) is 23.1 Å². The van der Waals surface area contributed by atoms with Crippen LogP contribution in [0.1, 0.15) is 25.7 Å². The number of amides is 1. The molecule has 1 aliphatic heterocycles. The number of imidazole rings is 1. The molecule has 3 aromatic heterocycles. The Kier molecular flexibility index (Phi) is 7.03. The summed E-state index contributed by atoms with van der Waals surface area (Å²) in [6, 6.07) is 6.93. The zero-order valence-electron chi connectivity index (χ0n) is 18.0. The number of carbonyl (C=O) groups is 1. The second kappa shape index (κ2) is 9.96. The van der Waals surface area contributed by atoms with Crippen LogP contribution in [0.5, 0.6) is 0 Å². The van der Waals surface area contributed by atoms with Gasteiger partial charge < -0.3 is 5.32 Å². The Morgan fingerprint density at radius 1 is 1.21 bits per heavy atom. The summed E-state index contributed by atoms with van der Waals surface area (Å²) in [5.41, 5.74) is -0.359. The lowest BCUT2D eigenvalue weighted by Gasteiger charge is -2.19. The summed E-state index contributed by atoms with van der Waals surface area (Å²) in [4.78, 5) is 41.2. The molecule has 0 unspecified atom stereocenters. The molecule has 1 amide bonds. The average Bonchev–Trinajstić information content (AvgIpc) is 3.26. The molecular weight excluding hydrogens is 466 g/mol. The van der Waals surface area contributed by atoms with E-state index in [4.69, 9.17) is 0 Å². The largest absolute Gasteiger partial charge is 0.356 e. The number of rotatable bonds is 9. The van der Waals surface area contributed by atoms with Gasteiger partial charge in [-0.2, -0.15) is 0 Å². The van der Waals surface area contributed by atoms with E-state index in [1.54, 1.807) is 18.0 Å². The minimum absolute atomic E-state index is 0.0559. The lowest BCUT2D eigenvalue weighted by molar-refractivity contribution is -0.121. The molecule has 4 rings (SSSR count). The van der Waals surface area contributed by atoms with E-state index in [9.17, 15) is 22.8 Å². The lowest BCUT2D eigenvalue weighted by Crippen LogP contribution is -2.44. The van der Waals surface area contributed by atoms with E-state index >= 15 is 0 Å². The average molecular weight is 492 g/mol. The van der Waals surface area contributed by atoms with Crippen molar-refractivity contribution in [2.75, 3.05) is 18.1 Å². The highest BCUT2D eigenvalue weighted by atomic mass is 32.2. The molecule has 0 aliphatic carbocycles. The molecule has 0 spiro atoms. The zero-order chi connectivity index (χ0) is 23.4. The first-order chi connectivity index (χ1) is 15.9. The number of thioether (sulfide) groups is 1. The molecule has 1 aliphatic rings. The highest BCUT2D eigenvalue weighted by Gasteiger charge is 2.26. The van der Waals surface area contributed by atoms with Crippen LogP contribution in [0.25, 0.3) is 5.65 Å². The maximum absolute atomic E-state index is 12.6. The van der Waals surface area contributed by atoms with Gasteiger partial charge in [-0.05, 0) is 37.1 Å². The number of carbonyl (C=O) groups excluding carboxylic acids is 1. The van der Waals surface area contributed by atoms with Crippen molar-refractivity contribution in [3.8, 4) is 0 Å². The van der Waals surface area contributed by atoms with Gasteiger partial charge in [0.05, 0.1) is 10.8 Å². The molecule has 0 radical (unpaired) electrons. The van der Waals surface area contributed by atoms with E-state index in [0.717, 1.165) is 31.6 Å². The molecule has 0 atom stereocenters. The van der Waals surface area contributed by atoms with Crippen LogP contribution in [0.2, 0.25) is 0 Å². The predicted octanol–water partition coefficient (Wildman–Crippen LogP) is 0.914. The Bertz CT molecular complexity index is 1390. The topological polar surface area (TPSA) is 125 Å². The van der Waals surface area contributed by atoms with Gasteiger partial charge in [0, 0.05) is 44.5 Å². The van der Waals surface area contributed by atoms with Crippen molar-refractivity contribution in [1.29, 1.82) is 0 Å². The number of sulfone groups is 1. The number of pyridine rings is 1. The normalized spacial score (nSPS) is 14.8. The minimum Gasteiger partial charge on any atom is -0.356 e. The molecule has 10 nitrogen and oxygen atoms in total. The van der Waals surface area contributed by atoms with Crippen LogP contribution in [-0.4, -0.2) is 50.9 Å². The van der Waals surface area contributed by atoms with Crippen molar-refractivity contribution >= 4 is 33.2 Å². The van der Waals surface area contributed by atoms with Crippen LogP contribution < -0.4 is 16.6 Å². The van der Waals surface area contributed by atoms with Gasteiger partial charge in [0.2, 0.25) is 5.91 Å². The summed E-state index contributed by atoms with van der Waals surface area (Å²) in [6.07, 6.45) is 5.49. The first-order valence-electron chi connectivity index (χ1n) is 10.8. The highest BCUT2D eigenvalue weighted by Crippen LogP contribution is 2.20. The number of fused-ring (bicyclic) bond motifs is 2. The molecule has 0 saturated heterocycles. The summed E-state index contributed by atoms with van der Waals surface area (Å²) < 4.78 is 28.4. The third-order valence-electron chi connectivity index (χ3n) is 5.42. The van der Waals surface area contributed by atoms with E-state index in [0.29, 0.717) is 32.2 Å². The molecule has 1 N–H and O–H groups in total. The standard InChI is InChI=1S/C21H25N5O5S2/c27-17(6-2-13-32-19-7-1-5-16-22-9-12-24(16)19)23-8-3-10-25-18(28)15-20-26(21(25)29)11-4-14-33(20,30)31/h1,5,7,9,12,15H,2-4,6,8,10-11,13-14H2,(H,23,27). The fourth-order valence-corrected chi connectivity index (χ4v) is 6.25. The molecule has 33 heavy (non-hydrogen) atoms. The Morgan fingerprint density at radius 2 is 2.06 bits per heavy atom. The van der Waals surface area contributed by atoms with Crippen molar-refractivity contribution < 1.29 is 13.2 Å². The third-order valence-corrected chi connectivity index (χ3v) is 8.35. The monoisotopic (exact) mass is 491 g/mol. The van der Waals surface area contributed by atoms with E-state index in [2.05, 4.69) is 10.3 Å². The smallest absolute Gasteiger partial charge is 0.331 e. The Labute approximate surface area is 194 Å². The summed E-state index contributed by atoms with van der Waals surface area (Å²) in [7, 11) is -3.59. The molecular formula is C21H25N5O5S2. The summed E-state index contributed by atoms with van der Waals surface area (Å²) in [6.45, 7) is 0.715. The summed E-state index contributed by atoms with van der Waals surface area (Å²) in [5, 5.41) is 3.68. The van der Waals surface area contributed by atoms with Gasteiger partial charge in [0.1, 0.15) is 10.7 Å². The number of aromatic nitrogens is 4. The zero-order valence-corrected chi connectivity index (χ0v) is 19.6. The maximum Gasteiger partial charge on any atom is 0.331 e. The molecule has 0 bridgehead atoms. The van der Waals surface area contributed by atoms with Crippen LogP contribution in [0.4, 0.5) is 0 Å². The number of nitrogens with zero attached hydrogens (tertiary/aromatic N) is 4. The van der Waals surface area contributed by atoms with Crippen molar-refractivity contribution in [2.24, 2.45) is 0 Å². The lowest BCUT2D eigenvalue weighted by atomic mass is 10.3. The van der Waals surface area contributed by atoms with Crippen LogP contribution in [0.15, 0.2) is 56.3 Å². The van der Waals surface area contributed by atoms with Crippen molar-refractivity contribution in [2.45, 2.75) is 48.8 Å². The van der Waals surface area contributed by atoms with Gasteiger partial charge >= 0.3 is 5.69 Å². The SMILES string of the molecule is O=C(CCCSc1cccc2nccn12)NCCCn1c(=O)cc2n(c1=O)CCCS2(=O)=O. The van der Waals surface area contributed by atoms with E-state index in [1.807, 2.05) is 28.8 Å². The van der Waals surface area contributed by atoms with E-state index < -0.39 is 21.1 Å². The minimum atomic E-state index is -3.59. The fraction of sp³-hybridized carbons (Fsp3) is 0.429. The van der Waals surface area contributed by atoms with Crippen LogP contribution in [0.3, 0.4) is 0 Å². The van der Waals surface area contributed by atoms with Gasteiger partial charge in [-0.25, -0.2) is 18.2 Å². The van der Waals surface area contributed by atoms with Crippen molar-refractivity contribution in [3.05, 3.63) is 57.5 Å². The third kappa shape index (κ3) is 5.22. The highest BCUT2D eigenvalue weighted by molar-refractivity contribution is 7.99.